The van der Waals surface area contributed by atoms with Crippen molar-refractivity contribution in [1.29, 1.82) is 0 Å². The van der Waals surface area contributed by atoms with Gasteiger partial charge in [0.25, 0.3) is 0 Å². The highest BCUT2D eigenvalue weighted by atomic mass is 35.5. The normalized spacial score (nSPS) is 15.9. The second-order valence-corrected chi connectivity index (χ2v) is 7.32. The lowest BCUT2D eigenvalue weighted by Crippen LogP contribution is -2.38. The first-order chi connectivity index (χ1) is 12.6. The number of morpholine rings is 1. The molecule has 0 aliphatic carbocycles. The summed E-state index contributed by atoms with van der Waals surface area (Å²) in [6, 6.07) is 5.74. The van der Waals surface area contributed by atoms with Gasteiger partial charge in [-0.1, -0.05) is 29.3 Å². The van der Waals surface area contributed by atoms with Crippen LogP contribution in [0.5, 0.6) is 0 Å². The minimum atomic E-state index is 0.582. The molecule has 0 unspecified atom stereocenters. The summed E-state index contributed by atoms with van der Waals surface area (Å²) in [6.45, 7) is 9.46. The highest BCUT2D eigenvalue weighted by molar-refractivity contribution is 6.42. The van der Waals surface area contributed by atoms with Gasteiger partial charge in [0, 0.05) is 39.8 Å². The summed E-state index contributed by atoms with van der Waals surface area (Å²) >= 11 is 12.1. The zero-order chi connectivity index (χ0) is 18.8. The van der Waals surface area contributed by atoms with Gasteiger partial charge in [0.15, 0.2) is 5.96 Å². The topological polar surface area (TPSA) is 40.1 Å². The molecule has 146 valence electrons. The van der Waals surface area contributed by atoms with Crippen LogP contribution < -0.4 is 5.32 Å². The third kappa shape index (κ3) is 7.31. The number of ether oxygens (including phenoxy) is 1. The van der Waals surface area contributed by atoms with Crippen LogP contribution in [0.2, 0.25) is 10.0 Å². The molecule has 7 heteroatoms. The molecule has 0 aromatic heterocycles. The Morgan fingerprint density at radius 3 is 2.69 bits per heavy atom. The Hall–Kier alpha value is -1.01. The smallest absolute Gasteiger partial charge is 0.193 e. The van der Waals surface area contributed by atoms with Gasteiger partial charge in [-0.3, -0.25) is 9.89 Å². The number of nitrogens with zero attached hydrogens (tertiary/aromatic N) is 3. The van der Waals surface area contributed by atoms with Crippen molar-refractivity contribution in [3.63, 3.8) is 0 Å². The maximum absolute atomic E-state index is 6.11. The van der Waals surface area contributed by atoms with Gasteiger partial charge < -0.3 is 15.0 Å². The summed E-state index contributed by atoms with van der Waals surface area (Å²) < 4.78 is 5.38. The van der Waals surface area contributed by atoms with Gasteiger partial charge in [0.05, 0.1) is 23.3 Å². The number of benzene rings is 1. The number of nitrogens with one attached hydrogen (secondary N) is 1. The molecule has 0 radical (unpaired) electrons. The third-order valence-electron chi connectivity index (χ3n) is 4.35. The van der Waals surface area contributed by atoms with Gasteiger partial charge in [0.2, 0.25) is 0 Å². The summed E-state index contributed by atoms with van der Waals surface area (Å²) in [7, 11) is 2.04. The van der Waals surface area contributed by atoms with E-state index in [0.717, 1.165) is 70.4 Å². The molecule has 1 aliphatic heterocycles. The predicted molar refractivity (Wildman–Crippen MR) is 110 cm³/mol. The van der Waals surface area contributed by atoms with E-state index in [4.69, 9.17) is 32.9 Å². The number of unbranched alkanes of at least 4 members (excludes halogenated alkanes) is 1. The van der Waals surface area contributed by atoms with Crippen LogP contribution in [0, 0.1) is 0 Å². The molecule has 0 bridgehead atoms. The fourth-order valence-electron chi connectivity index (χ4n) is 2.91. The Labute approximate surface area is 167 Å². The van der Waals surface area contributed by atoms with E-state index in [1.807, 2.05) is 25.2 Å². The lowest BCUT2D eigenvalue weighted by Gasteiger charge is -2.26. The molecule has 0 atom stereocenters. The molecular formula is C19H30Cl2N4O. The Morgan fingerprint density at radius 2 is 2.00 bits per heavy atom. The summed E-state index contributed by atoms with van der Waals surface area (Å²) in [6.07, 6.45) is 2.26. The third-order valence-corrected chi connectivity index (χ3v) is 5.09. The van der Waals surface area contributed by atoms with Crippen molar-refractivity contribution in [2.45, 2.75) is 26.3 Å². The molecule has 1 heterocycles. The van der Waals surface area contributed by atoms with E-state index in [2.05, 4.69) is 22.0 Å². The standard InChI is InChI=1S/C19H30Cl2N4O/c1-3-22-19(23-8-4-5-9-25-10-12-26-13-11-25)24(2)15-16-6-7-17(20)18(21)14-16/h6-7,14H,3-5,8-13,15H2,1-2H3,(H,22,23). The molecule has 1 N–H and O–H groups in total. The van der Waals surface area contributed by atoms with Crippen molar-refractivity contribution in [3.05, 3.63) is 33.8 Å². The molecule has 2 rings (SSSR count). The Kier molecular flexibility index (Phi) is 9.54. The molecule has 0 saturated carbocycles. The molecule has 26 heavy (non-hydrogen) atoms. The predicted octanol–water partition coefficient (Wildman–Crippen LogP) is 3.50. The van der Waals surface area contributed by atoms with Crippen LogP contribution in [0.15, 0.2) is 23.2 Å². The van der Waals surface area contributed by atoms with Gasteiger partial charge in [-0.15, -0.1) is 0 Å². The van der Waals surface area contributed by atoms with E-state index in [-0.39, 0.29) is 0 Å². The van der Waals surface area contributed by atoms with Gasteiger partial charge in [-0.05, 0) is 44.0 Å². The number of halogens is 2. The molecule has 1 aliphatic rings. The SMILES string of the molecule is CCNC(=NCCCCN1CCOCC1)N(C)Cc1ccc(Cl)c(Cl)c1. The van der Waals surface area contributed by atoms with E-state index >= 15 is 0 Å². The zero-order valence-electron chi connectivity index (χ0n) is 15.8. The maximum Gasteiger partial charge on any atom is 0.193 e. The zero-order valence-corrected chi connectivity index (χ0v) is 17.3. The highest BCUT2D eigenvalue weighted by Gasteiger charge is 2.10. The molecule has 0 amide bonds. The molecule has 0 spiro atoms. The Morgan fingerprint density at radius 1 is 1.23 bits per heavy atom. The number of hydrogen-bond donors (Lipinski definition) is 1. The first kappa shape index (κ1) is 21.3. The number of hydrogen-bond acceptors (Lipinski definition) is 3. The van der Waals surface area contributed by atoms with Crippen molar-refractivity contribution in [1.82, 2.24) is 15.1 Å². The second-order valence-electron chi connectivity index (χ2n) is 6.50. The minimum Gasteiger partial charge on any atom is -0.379 e. The van der Waals surface area contributed by atoms with E-state index in [9.17, 15) is 0 Å². The van der Waals surface area contributed by atoms with Crippen molar-refractivity contribution >= 4 is 29.2 Å². The van der Waals surface area contributed by atoms with E-state index < -0.39 is 0 Å². The van der Waals surface area contributed by atoms with Crippen LogP contribution in [0.4, 0.5) is 0 Å². The molecule has 1 saturated heterocycles. The second kappa shape index (κ2) is 11.7. The summed E-state index contributed by atoms with van der Waals surface area (Å²) in [4.78, 5) is 9.34. The van der Waals surface area contributed by atoms with Crippen LogP contribution in [0.25, 0.3) is 0 Å². The van der Waals surface area contributed by atoms with E-state index in [0.29, 0.717) is 10.0 Å². The maximum atomic E-state index is 6.11. The molecule has 1 fully saturated rings. The van der Waals surface area contributed by atoms with Crippen molar-refractivity contribution in [2.75, 3.05) is 53.0 Å². The Balaban J connectivity index is 1.79. The fraction of sp³-hybridized carbons (Fsp3) is 0.632. The fourth-order valence-corrected chi connectivity index (χ4v) is 3.23. The Bertz CT molecular complexity index is 577. The number of aliphatic imine (C=N–C) groups is 1. The number of guanidine groups is 1. The van der Waals surface area contributed by atoms with Crippen LogP contribution in [-0.2, 0) is 11.3 Å². The summed E-state index contributed by atoms with van der Waals surface area (Å²) in [5, 5.41) is 4.53. The number of rotatable bonds is 8. The molecule has 1 aromatic carbocycles. The lowest BCUT2D eigenvalue weighted by atomic mass is 10.2. The van der Waals surface area contributed by atoms with Crippen LogP contribution >= 0.6 is 23.2 Å². The van der Waals surface area contributed by atoms with E-state index in [1.165, 1.54) is 6.42 Å². The molecular weight excluding hydrogens is 371 g/mol. The van der Waals surface area contributed by atoms with Crippen molar-refractivity contribution < 1.29 is 4.74 Å². The molecule has 5 nitrogen and oxygen atoms in total. The summed E-state index contributed by atoms with van der Waals surface area (Å²) in [5.74, 6) is 0.921. The van der Waals surface area contributed by atoms with Crippen molar-refractivity contribution in [3.8, 4) is 0 Å². The van der Waals surface area contributed by atoms with Crippen molar-refractivity contribution in [2.24, 2.45) is 4.99 Å². The summed E-state index contributed by atoms with van der Waals surface area (Å²) in [5.41, 5.74) is 1.11. The lowest BCUT2D eigenvalue weighted by molar-refractivity contribution is 0.0373. The average Bonchev–Trinajstić information content (AvgIpc) is 2.64. The van der Waals surface area contributed by atoms with Gasteiger partial charge in [0.1, 0.15) is 0 Å². The first-order valence-corrected chi connectivity index (χ1v) is 10.1. The van der Waals surface area contributed by atoms with Crippen LogP contribution in [0.3, 0.4) is 0 Å². The highest BCUT2D eigenvalue weighted by Crippen LogP contribution is 2.23. The quantitative estimate of drug-likeness (QED) is 0.411. The van der Waals surface area contributed by atoms with Gasteiger partial charge in [-0.2, -0.15) is 0 Å². The van der Waals surface area contributed by atoms with Crippen LogP contribution in [0.1, 0.15) is 25.3 Å². The van der Waals surface area contributed by atoms with E-state index in [1.54, 1.807) is 0 Å². The first-order valence-electron chi connectivity index (χ1n) is 9.33. The van der Waals surface area contributed by atoms with Gasteiger partial charge >= 0.3 is 0 Å². The largest absolute Gasteiger partial charge is 0.379 e. The minimum absolute atomic E-state index is 0.582. The van der Waals surface area contributed by atoms with Crippen LogP contribution in [-0.4, -0.2) is 68.7 Å². The molecule has 1 aromatic rings. The monoisotopic (exact) mass is 400 g/mol. The average molecular weight is 401 g/mol. The van der Waals surface area contributed by atoms with Gasteiger partial charge in [-0.25, -0.2) is 0 Å².